The lowest BCUT2D eigenvalue weighted by Crippen LogP contribution is -2.28. The van der Waals surface area contributed by atoms with Crippen LogP contribution in [0.25, 0.3) is 0 Å². The van der Waals surface area contributed by atoms with Crippen LogP contribution in [-0.2, 0) is 9.53 Å². The van der Waals surface area contributed by atoms with Gasteiger partial charge in [-0.3, -0.25) is 9.69 Å². The standard InChI is InChI=1S/C17H20ClNO4/c1-19-9-16-14(8-17(21)23-16)15(19)6-5-12(20)10-22-13-4-2-3-11(18)7-13/h2-7,12,14-16,20H,8-10H2,1H3/b6-5+/t12-,14-,15-,16+/m1/s1. The predicted octanol–water partition coefficient (Wildman–Crippen LogP) is 1.88. The highest BCUT2D eigenvalue weighted by Gasteiger charge is 2.46. The van der Waals surface area contributed by atoms with Gasteiger partial charge in [0.05, 0.1) is 6.42 Å². The summed E-state index contributed by atoms with van der Waals surface area (Å²) >= 11 is 5.89. The van der Waals surface area contributed by atoms with Gasteiger partial charge in [0.2, 0.25) is 0 Å². The fraction of sp³-hybridized carbons (Fsp3) is 0.471. The average molecular weight is 338 g/mol. The average Bonchev–Trinajstić information content (AvgIpc) is 2.98. The molecule has 0 spiro atoms. The molecule has 0 bridgehead atoms. The first-order valence-electron chi connectivity index (χ1n) is 7.67. The maximum Gasteiger partial charge on any atom is 0.306 e. The van der Waals surface area contributed by atoms with Gasteiger partial charge < -0.3 is 14.6 Å². The number of rotatable bonds is 5. The summed E-state index contributed by atoms with van der Waals surface area (Å²) in [5.41, 5.74) is 0. The number of nitrogens with zero attached hydrogens (tertiary/aromatic N) is 1. The largest absolute Gasteiger partial charge is 0.491 e. The first kappa shape index (κ1) is 16.3. The summed E-state index contributed by atoms with van der Waals surface area (Å²) in [4.78, 5) is 13.5. The molecular formula is C17H20ClNO4. The van der Waals surface area contributed by atoms with Crippen LogP contribution in [0.1, 0.15) is 6.42 Å². The molecule has 2 heterocycles. The third-order valence-electron chi connectivity index (χ3n) is 4.33. The normalized spacial score (nSPS) is 28.8. The number of fused-ring (bicyclic) bond motifs is 1. The van der Waals surface area contributed by atoms with Crippen molar-refractivity contribution in [3.05, 3.63) is 41.4 Å². The summed E-state index contributed by atoms with van der Waals surface area (Å²) in [5, 5.41) is 10.7. The number of carbonyl (C=O) groups excluding carboxylic acids is 1. The number of aliphatic hydroxyl groups is 1. The van der Waals surface area contributed by atoms with Crippen LogP contribution in [0.2, 0.25) is 5.02 Å². The van der Waals surface area contributed by atoms with Crippen molar-refractivity contribution in [2.45, 2.75) is 24.7 Å². The molecule has 1 aromatic rings. The Bertz CT molecular complexity index is 606. The summed E-state index contributed by atoms with van der Waals surface area (Å²) < 4.78 is 10.8. The number of hydrogen-bond donors (Lipinski definition) is 1. The van der Waals surface area contributed by atoms with E-state index in [-0.39, 0.29) is 30.6 Å². The molecule has 0 amide bonds. The topological polar surface area (TPSA) is 59.0 Å². The van der Waals surface area contributed by atoms with Crippen molar-refractivity contribution in [1.29, 1.82) is 0 Å². The van der Waals surface area contributed by atoms with Crippen LogP contribution in [0, 0.1) is 5.92 Å². The number of esters is 1. The summed E-state index contributed by atoms with van der Waals surface area (Å²) in [6.45, 7) is 0.886. The molecule has 2 aliphatic rings. The van der Waals surface area contributed by atoms with Gasteiger partial charge in [0.15, 0.2) is 0 Å². The number of likely N-dealkylation sites (N-methyl/N-ethyl adjacent to an activating group) is 1. The van der Waals surface area contributed by atoms with Gasteiger partial charge in [-0.1, -0.05) is 29.8 Å². The Morgan fingerprint density at radius 3 is 3.17 bits per heavy atom. The summed E-state index contributed by atoms with van der Waals surface area (Å²) in [7, 11) is 2.00. The van der Waals surface area contributed by atoms with E-state index >= 15 is 0 Å². The van der Waals surface area contributed by atoms with Gasteiger partial charge in [0, 0.05) is 23.5 Å². The number of ether oxygens (including phenoxy) is 2. The van der Waals surface area contributed by atoms with Gasteiger partial charge in [0.25, 0.3) is 0 Å². The second kappa shape index (κ2) is 6.91. The van der Waals surface area contributed by atoms with Gasteiger partial charge in [-0.15, -0.1) is 0 Å². The number of likely N-dealkylation sites (tertiary alicyclic amines) is 1. The van der Waals surface area contributed by atoms with Crippen LogP contribution in [0.4, 0.5) is 0 Å². The van der Waals surface area contributed by atoms with Crippen molar-refractivity contribution in [3.63, 3.8) is 0 Å². The molecule has 0 unspecified atom stereocenters. The SMILES string of the molecule is CN1C[C@@H]2OC(=O)C[C@@H]2[C@H]1/C=C/[C@@H](O)COc1cccc(Cl)c1. The third-order valence-corrected chi connectivity index (χ3v) is 4.56. The highest BCUT2D eigenvalue weighted by atomic mass is 35.5. The van der Waals surface area contributed by atoms with Crippen molar-refractivity contribution in [2.75, 3.05) is 20.2 Å². The Hall–Kier alpha value is -1.56. The highest BCUT2D eigenvalue weighted by molar-refractivity contribution is 6.30. The van der Waals surface area contributed by atoms with Crippen LogP contribution in [0.15, 0.2) is 36.4 Å². The number of aliphatic hydroxyl groups excluding tert-OH is 1. The highest BCUT2D eigenvalue weighted by Crippen LogP contribution is 2.34. The summed E-state index contributed by atoms with van der Waals surface area (Å²) in [6.07, 6.45) is 3.36. The van der Waals surface area contributed by atoms with E-state index in [4.69, 9.17) is 21.1 Å². The third kappa shape index (κ3) is 3.86. The number of hydrogen-bond acceptors (Lipinski definition) is 5. The van der Waals surface area contributed by atoms with Crippen molar-refractivity contribution in [1.82, 2.24) is 4.90 Å². The number of halogens is 1. The van der Waals surface area contributed by atoms with Crippen molar-refractivity contribution < 1.29 is 19.4 Å². The molecule has 2 aliphatic heterocycles. The van der Waals surface area contributed by atoms with Crippen molar-refractivity contribution in [2.24, 2.45) is 5.92 Å². The second-order valence-electron chi connectivity index (χ2n) is 6.05. The van der Waals surface area contributed by atoms with Crippen molar-refractivity contribution in [3.8, 4) is 5.75 Å². The molecule has 5 nitrogen and oxygen atoms in total. The van der Waals surface area contributed by atoms with Gasteiger partial charge >= 0.3 is 5.97 Å². The van der Waals surface area contributed by atoms with E-state index in [0.29, 0.717) is 17.2 Å². The molecule has 23 heavy (non-hydrogen) atoms. The van der Waals surface area contributed by atoms with E-state index in [0.717, 1.165) is 6.54 Å². The van der Waals surface area contributed by atoms with Crippen LogP contribution in [0.5, 0.6) is 5.75 Å². The van der Waals surface area contributed by atoms with Gasteiger partial charge in [-0.05, 0) is 25.2 Å². The van der Waals surface area contributed by atoms with E-state index in [1.807, 2.05) is 13.1 Å². The molecule has 0 aromatic heterocycles. The lowest BCUT2D eigenvalue weighted by molar-refractivity contribution is -0.141. The minimum absolute atomic E-state index is 0.0259. The Morgan fingerprint density at radius 2 is 2.39 bits per heavy atom. The Morgan fingerprint density at radius 1 is 1.57 bits per heavy atom. The van der Waals surface area contributed by atoms with Crippen molar-refractivity contribution >= 4 is 17.6 Å². The lowest BCUT2D eigenvalue weighted by atomic mass is 9.96. The second-order valence-corrected chi connectivity index (χ2v) is 6.48. The Labute approximate surface area is 140 Å². The first-order chi connectivity index (χ1) is 11.0. The van der Waals surface area contributed by atoms with Crippen LogP contribution >= 0.6 is 11.6 Å². The molecule has 124 valence electrons. The smallest absolute Gasteiger partial charge is 0.306 e. The maximum atomic E-state index is 11.4. The molecule has 0 radical (unpaired) electrons. The molecule has 6 heteroatoms. The minimum Gasteiger partial charge on any atom is -0.491 e. The van der Waals surface area contributed by atoms with Crippen LogP contribution in [-0.4, -0.2) is 54.4 Å². The van der Waals surface area contributed by atoms with E-state index in [1.165, 1.54) is 0 Å². The summed E-state index contributed by atoms with van der Waals surface area (Å²) in [6, 6.07) is 7.16. The molecule has 2 saturated heterocycles. The number of benzene rings is 1. The molecule has 2 fully saturated rings. The minimum atomic E-state index is -0.723. The molecule has 4 atom stereocenters. The van der Waals surface area contributed by atoms with E-state index in [1.54, 1.807) is 30.3 Å². The van der Waals surface area contributed by atoms with Gasteiger partial charge in [-0.25, -0.2) is 0 Å². The monoisotopic (exact) mass is 337 g/mol. The quantitative estimate of drug-likeness (QED) is 0.656. The van der Waals surface area contributed by atoms with Gasteiger partial charge in [0.1, 0.15) is 24.6 Å². The van der Waals surface area contributed by atoms with Crippen LogP contribution in [0.3, 0.4) is 0 Å². The Kier molecular flexibility index (Phi) is 4.90. The molecule has 3 rings (SSSR count). The van der Waals surface area contributed by atoms with E-state index in [2.05, 4.69) is 4.90 Å². The fourth-order valence-corrected chi connectivity index (χ4v) is 3.38. The molecule has 0 aliphatic carbocycles. The fourth-order valence-electron chi connectivity index (χ4n) is 3.20. The Balaban J connectivity index is 1.53. The predicted molar refractivity (Wildman–Crippen MR) is 86.5 cm³/mol. The maximum absolute atomic E-state index is 11.4. The van der Waals surface area contributed by atoms with Gasteiger partial charge in [-0.2, -0.15) is 0 Å². The zero-order valence-electron chi connectivity index (χ0n) is 12.9. The molecule has 1 N–H and O–H groups in total. The lowest BCUT2D eigenvalue weighted by Gasteiger charge is -2.19. The molecule has 0 saturated carbocycles. The first-order valence-corrected chi connectivity index (χ1v) is 8.05. The molecule has 1 aromatic carbocycles. The van der Waals surface area contributed by atoms with E-state index in [9.17, 15) is 9.90 Å². The van der Waals surface area contributed by atoms with E-state index < -0.39 is 6.10 Å². The molecular weight excluding hydrogens is 318 g/mol. The zero-order chi connectivity index (χ0) is 16.4. The zero-order valence-corrected chi connectivity index (χ0v) is 13.6. The summed E-state index contributed by atoms with van der Waals surface area (Å²) in [5.74, 6) is 0.666. The van der Waals surface area contributed by atoms with Crippen LogP contribution < -0.4 is 4.74 Å². The number of carbonyl (C=O) groups is 1.